The molecule has 0 spiro atoms. The van der Waals surface area contributed by atoms with Gasteiger partial charge in [-0.15, -0.1) is 0 Å². The molecular formula is C10H21NO3. The molecular weight excluding hydrogens is 182 g/mol. The average molecular weight is 203 g/mol. The zero-order chi connectivity index (χ0) is 11.4. The Morgan fingerprint density at radius 1 is 1.29 bits per heavy atom. The molecule has 0 aliphatic heterocycles. The molecule has 1 unspecified atom stereocenters. The maximum atomic E-state index is 11.1. The summed E-state index contributed by atoms with van der Waals surface area (Å²) >= 11 is 0. The van der Waals surface area contributed by atoms with E-state index in [1.807, 2.05) is 0 Å². The zero-order valence-electron chi connectivity index (χ0n) is 9.68. The molecule has 1 atom stereocenters. The molecule has 0 radical (unpaired) electrons. The predicted octanol–water partition coefficient (Wildman–Crippen LogP) is 0.546. The van der Waals surface area contributed by atoms with E-state index in [4.69, 9.17) is 0 Å². The molecule has 4 nitrogen and oxygen atoms in total. The molecule has 0 rings (SSSR count). The average Bonchev–Trinajstić information content (AvgIpc) is 2.00. The first kappa shape index (κ1) is 13.4. The Bertz CT molecular complexity index is 194. The Morgan fingerprint density at radius 2 is 1.79 bits per heavy atom. The van der Waals surface area contributed by atoms with Crippen molar-refractivity contribution in [2.24, 2.45) is 5.41 Å². The van der Waals surface area contributed by atoms with Crippen molar-refractivity contribution >= 4 is 5.97 Å². The third kappa shape index (κ3) is 5.19. The summed E-state index contributed by atoms with van der Waals surface area (Å²) in [5.41, 5.74) is -1.31. The lowest BCUT2D eigenvalue weighted by Crippen LogP contribution is -2.47. The van der Waals surface area contributed by atoms with Crippen molar-refractivity contribution in [3.05, 3.63) is 0 Å². The minimum atomic E-state index is -1.44. The van der Waals surface area contributed by atoms with Crippen LogP contribution < -0.4 is 5.32 Å². The molecule has 0 saturated heterocycles. The van der Waals surface area contributed by atoms with Crippen LogP contribution in [0.15, 0.2) is 0 Å². The molecule has 0 aliphatic carbocycles. The third-order valence-corrected chi connectivity index (χ3v) is 1.75. The van der Waals surface area contributed by atoms with E-state index in [1.54, 1.807) is 0 Å². The molecule has 0 heterocycles. The number of esters is 1. The molecule has 0 aromatic carbocycles. The summed E-state index contributed by atoms with van der Waals surface area (Å²) in [5, 5.41) is 12.7. The van der Waals surface area contributed by atoms with Crippen LogP contribution >= 0.6 is 0 Å². The van der Waals surface area contributed by atoms with Crippen LogP contribution in [0.2, 0.25) is 0 Å². The number of hydrogen-bond acceptors (Lipinski definition) is 4. The minimum absolute atomic E-state index is 0.131. The number of carbonyl (C=O) groups excluding carboxylic acids is 1. The van der Waals surface area contributed by atoms with E-state index in [9.17, 15) is 9.90 Å². The molecule has 0 aromatic heterocycles. The van der Waals surface area contributed by atoms with Crippen molar-refractivity contribution in [1.82, 2.24) is 5.32 Å². The van der Waals surface area contributed by atoms with Crippen molar-refractivity contribution in [3.63, 3.8) is 0 Å². The quantitative estimate of drug-likeness (QED) is 0.655. The van der Waals surface area contributed by atoms with Crippen LogP contribution in [0.3, 0.4) is 0 Å². The van der Waals surface area contributed by atoms with Gasteiger partial charge in [0.1, 0.15) is 0 Å². The van der Waals surface area contributed by atoms with Gasteiger partial charge in [-0.3, -0.25) is 0 Å². The van der Waals surface area contributed by atoms with Crippen molar-refractivity contribution in [1.29, 1.82) is 0 Å². The van der Waals surface area contributed by atoms with Gasteiger partial charge in [0.05, 0.1) is 7.11 Å². The van der Waals surface area contributed by atoms with Gasteiger partial charge in [0.25, 0.3) is 0 Å². The first-order valence-corrected chi connectivity index (χ1v) is 4.70. The van der Waals surface area contributed by atoms with Gasteiger partial charge >= 0.3 is 5.97 Å². The fourth-order valence-corrected chi connectivity index (χ4v) is 0.973. The van der Waals surface area contributed by atoms with Gasteiger partial charge in [0.15, 0.2) is 5.60 Å². The SMILES string of the molecule is COC(=O)C(C)(O)CNCC(C)(C)C. The summed E-state index contributed by atoms with van der Waals surface area (Å²) in [4.78, 5) is 11.1. The van der Waals surface area contributed by atoms with Crippen molar-refractivity contribution in [2.45, 2.75) is 33.3 Å². The fourth-order valence-electron chi connectivity index (χ4n) is 0.973. The van der Waals surface area contributed by atoms with Gasteiger partial charge in [-0.2, -0.15) is 0 Å². The molecule has 14 heavy (non-hydrogen) atoms. The smallest absolute Gasteiger partial charge is 0.338 e. The van der Waals surface area contributed by atoms with Gasteiger partial charge in [-0.25, -0.2) is 4.79 Å². The topological polar surface area (TPSA) is 58.6 Å². The molecule has 0 bridgehead atoms. The van der Waals surface area contributed by atoms with Gasteiger partial charge in [-0.05, 0) is 12.3 Å². The van der Waals surface area contributed by atoms with Crippen LogP contribution in [0.1, 0.15) is 27.7 Å². The molecule has 84 valence electrons. The summed E-state index contributed by atoms with van der Waals surface area (Å²) in [7, 11) is 1.26. The third-order valence-electron chi connectivity index (χ3n) is 1.75. The van der Waals surface area contributed by atoms with Gasteiger partial charge < -0.3 is 15.2 Å². The normalized spacial score (nSPS) is 16.1. The predicted molar refractivity (Wildman–Crippen MR) is 55.0 cm³/mol. The maximum absolute atomic E-state index is 11.1. The number of nitrogens with one attached hydrogen (secondary N) is 1. The monoisotopic (exact) mass is 203 g/mol. The van der Waals surface area contributed by atoms with Crippen LogP contribution in [0.4, 0.5) is 0 Å². The van der Waals surface area contributed by atoms with Crippen LogP contribution in [0.25, 0.3) is 0 Å². The Balaban J connectivity index is 3.94. The zero-order valence-corrected chi connectivity index (χ0v) is 9.68. The molecule has 0 aliphatic rings. The van der Waals surface area contributed by atoms with Crippen molar-refractivity contribution in [3.8, 4) is 0 Å². The highest BCUT2D eigenvalue weighted by atomic mass is 16.5. The fraction of sp³-hybridized carbons (Fsp3) is 0.900. The Labute approximate surface area is 85.6 Å². The van der Waals surface area contributed by atoms with Crippen LogP contribution in [0.5, 0.6) is 0 Å². The Morgan fingerprint density at radius 3 is 2.14 bits per heavy atom. The van der Waals surface area contributed by atoms with Crippen molar-refractivity contribution < 1.29 is 14.6 Å². The molecule has 0 aromatic rings. The molecule has 4 heteroatoms. The number of rotatable bonds is 4. The van der Waals surface area contributed by atoms with E-state index in [-0.39, 0.29) is 12.0 Å². The van der Waals surface area contributed by atoms with Crippen LogP contribution in [-0.4, -0.2) is 36.9 Å². The van der Waals surface area contributed by atoms with Gasteiger partial charge in [0.2, 0.25) is 0 Å². The summed E-state index contributed by atoms with van der Waals surface area (Å²) in [6, 6.07) is 0. The lowest BCUT2D eigenvalue weighted by molar-refractivity contribution is -0.160. The van der Waals surface area contributed by atoms with E-state index >= 15 is 0 Å². The number of carbonyl (C=O) groups is 1. The standard InChI is InChI=1S/C10H21NO3/c1-9(2,3)6-11-7-10(4,13)8(12)14-5/h11,13H,6-7H2,1-5H3. The van der Waals surface area contributed by atoms with Crippen LogP contribution in [-0.2, 0) is 9.53 Å². The number of hydrogen-bond donors (Lipinski definition) is 2. The molecule has 0 amide bonds. The van der Waals surface area contributed by atoms with Gasteiger partial charge in [0, 0.05) is 13.1 Å². The highest BCUT2D eigenvalue weighted by molar-refractivity contribution is 5.78. The first-order valence-electron chi connectivity index (χ1n) is 4.70. The van der Waals surface area contributed by atoms with Gasteiger partial charge in [-0.1, -0.05) is 20.8 Å². The molecule has 2 N–H and O–H groups in total. The van der Waals surface area contributed by atoms with E-state index in [1.165, 1.54) is 14.0 Å². The highest BCUT2D eigenvalue weighted by Crippen LogP contribution is 2.11. The second kappa shape index (κ2) is 4.75. The number of aliphatic hydroxyl groups is 1. The summed E-state index contributed by atoms with van der Waals surface area (Å²) < 4.78 is 4.47. The lowest BCUT2D eigenvalue weighted by Gasteiger charge is -2.24. The summed E-state index contributed by atoms with van der Waals surface area (Å²) in [6.07, 6.45) is 0. The minimum Gasteiger partial charge on any atom is -0.467 e. The second-order valence-corrected chi connectivity index (χ2v) is 4.93. The number of ether oxygens (including phenoxy) is 1. The Hall–Kier alpha value is -0.610. The van der Waals surface area contributed by atoms with Crippen LogP contribution in [0, 0.1) is 5.41 Å². The molecule has 0 saturated carbocycles. The van der Waals surface area contributed by atoms with E-state index < -0.39 is 11.6 Å². The summed E-state index contributed by atoms with van der Waals surface area (Å²) in [6.45, 7) is 8.61. The van der Waals surface area contributed by atoms with E-state index in [0.717, 1.165) is 6.54 Å². The van der Waals surface area contributed by atoms with Crippen molar-refractivity contribution in [2.75, 3.05) is 20.2 Å². The largest absolute Gasteiger partial charge is 0.467 e. The summed E-state index contributed by atoms with van der Waals surface area (Å²) in [5.74, 6) is -0.612. The van der Waals surface area contributed by atoms with E-state index in [2.05, 4.69) is 30.8 Å². The maximum Gasteiger partial charge on any atom is 0.338 e. The lowest BCUT2D eigenvalue weighted by atomic mass is 9.96. The van der Waals surface area contributed by atoms with E-state index in [0.29, 0.717) is 0 Å². The Kier molecular flexibility index (Phi) is 4.55. The number of methoxy groups -OCH3 is 1. The molecule has 0 fully saturated rings. The second-order valence-electron chi connectivity index (χ2n) is 4.93. The highest BCUT2D eigenvalue weighted by Gasteiger charge is 2.31. The first-order chi connectivity index (χ1) is 6.19.